The maximum atomic E-state index is 10.6. The molecule has 0 heterocycles. The largest absolute Gasteiger partial charge is 0.480 e. The number of carboxylic acids is 1. The van der Waals surface area contributed by atoms with E-state index in [1.807, 2.05) is 22.6 Å². The van der Waals surface area contributed by atoms with Crippen molar-refractivity contribution in [3.63, 3.8) is 0 Å². The normalized spacial score (nSPS) is 12.6. The molecule has 0 saturated heterocycles. The molecule has 1 atom stereocenters. The summed E-state index contributed by atoms with van der Waals surface area (Å²) in [6, 6.07) is 0. The molecule has 3 heteroatoms. The van der Waals surface area contributed by atoms with Gasteiger partial charge in [0.05, 0.1) is 0 Å². The molecule has 0 fully saturated rings. The van der Waals surface area contributed by atoms with Crippen molar-refractivity contribution in [1.82, 2.24) is 0 Å². The second kappa shape index (κ2) is 11.7. The zero-order valence-electron chi connectivity index (χ0n) is 10.4. The molecule has 0 aliphatic rings. The Labute approximate surface area is 113 Å². The Balaban J connectivity index is 3.07. The van der Waals surface area contributed by atoms with Crippen LogP contribution in [0.25, 0.3) is 0 Å². The van der Waals surface area contributed by atoms with E-state index >= 15 is 0 Å². The number of hydrogen-bond acceptors (Lipinski definition) is 1. The van der Waals surface area contributed by atoms with Gasteiger partial charge in [-0.25, -0.2) is 0 Å². The fourth-order valence-corrected chi connectivity index (χ4v) is 2.20. The summed E-state index contributed by atoms with van der Waals surface area (Å²) in [6.07, 6.45) is 12.5. The Kier molecular flexibility index (Phi) is 11.8. The molecule has 0 aliphatic carbocycles. The quantitative estimate of drug-likeness (QED) is 0.333. The van der Waals surface area contributed by atoms with Crippen LogP contribution in [0.5, 0.6) is 0 Å². The average Bonchev–Trinajstić information content (AvgIpc) is 2.26. The van der Waals surface area contributed by atoms with E-state index in [9.17, 15) is 4.79 Å². The molecule has 0 bridgehead atoms. The molecule has 0 radical (unpaired) electrons. The van der Waals surface area contributed by atoms with Gasteiger partial charge in [-0.05, 0) is 6.42 Å². The molecule has 2 nitrogen and oxygen atoms in total. The van der Waals surface area contributed by atoms with E-state index in [0.717, 1.165) is 12.8 Å². The summed E-state index contributed by atoms with van der Waals surface area (Å²) in [6.45, 7) is 2.24. The number of halogens is 1. The molecule has 0 aliphatic heterocycles. The molecule has 1 N–H and O–H groups in total. The second-order valence-corrected chi connectivity index (χ2v) is 5.93. The monoisotopic (exact) mass is 340 g/mol. The molecule has 16 heavy (non-hydrogen) atoms. The molecular weight excluding hydrogens is 315 g/mol. The highest BCUT2D eigenvalue weighted by Crippen LogP contribution is 2.14. The highest BCUT2D eigenvalue weighted by atomic mass is 127. The first kappa shape index (κ1) is 16.2. The van der Waals surface area contributed by atoms with Crippen molar-refractivity contribution in [1.29, 1.82) is 0 Å². The number of aliphatic carboxylic acids is 1. The Morgan fingerprint density at radius 3 is 1.88 bits per heavy atom. The van der Waals surface area contributed by atoms with Crippen LogP contribution in [-0.4, -0.2) is 15.0 Å². The summed E-state index contributed by atoms with van der Waals surface area (Å²) in [5.41, 5.74) is 0. The van der Waals surface area contributed by atoms with Gasteiger partial charge in [-0.3, -0.25) is 4.79 Å². The van der Waals surface area contributed by atoms with Crippen LogP contribution in [0, 0.1) is 0 Å². The zero-order chi connectivity index (χ0) is 12.2. The fraction of sp³-hybridized carbons (Fsp3) is 0.923. The Bertz CT molecular complexity index is 171. The SMILES string of the molecule is CCCCCCCCCCCC(I)C(=O)O. The maximum absolute atomic E-state index is 10.6. The second-order valence-electron chi connectivity index (χ2n) is 4.42. The van der Waals surface area contributed by atoms with E-state index in [2.05, 4.69) is 6.92 Å². The molecule has 0 saturated carbocycles. The van der Waals surface area contributed by atoms with E-state index in [0.29, 0.717) is 0 Å². The molecule has 1 unspecified atom stereocenters. The van der Waals surface area contributed by atoms with Gasteiger partial charge in [-0.1, -0.05) is 87.3 Å². The van der Waals surface area contributed by atoms with Crippen LogP contribution >= 0.6 is 22.6 Å². The summed E-state index contributed by atoms with van der Waals surface area (Å²) in [5, 5.41) is 8.70. The third-order valence-electron chi connectivity index (χ3n) is 2.83. The summed E-state index contributed by atoms with van der Waals surface area (Å²) in [7, 11) is 0. The first-order valence-corrected chi connectivity index (χ1v) is 7.80. The van der Waals surface area contributed by atoms with Crippen molar-refractivity contribution in [2.75, 3.05) is 0 Å². The minimum atomic E-state index is -0.667. The summed E-state index contributed by atoms with van der Waals surface area (Å²) < 4.78 is -0.192. The van der Waals surface area contributed by atoms with Gasteiger partial charge in [0.1, 0.15) is 3.92 Å². The zero-order valence-corrected chi connectivity index (χ0v) is 12.5. The van der Waals surface area contributed by atoms with Crippen molar-refractivity contribution >= 4 is 28.6 Å². The van der Waals surface area contributed by atoms with E-state index < -0.39 is 5.97 Å². The number of alkyl halides is 1. The smallest absolute Gasteiger partial charge is 0.316 e. The van der Waals surface area contributed by atoms with E-state index in [4.69, 9.17) is 5.11 Å². The Morgan fingerprint density at radius 2 is 1.44 bits per heavy atom. The lowest BCUT2D eigenvalue weighted by Gasteiger charge is -2.04. The van der Waals surface area contributed by atoms with Crippen LogP contribution in [0.1, 0.15) is 71.1 Å². The van der Waals surface area contributed by atoms with Crippen molar-refractivity contribution in [2.45, 2.75) is 75.1 Å². The van der Waals surface area contributed by atoms with E-state index in [1.165, 1.54) is 51.4 Å². The van der Waals surface area contributed by atoms with Gasteiger partial charge >= 0.3 is 5.97 Å². The van der Waals surface area contributed by atoms with Crippen molar-refractivity contribution < 1.29 is 9.90 Å². The molecule has 0 aromatic rings. The number of unbranched alkanes of at least 4 members (excludes halogenated alkanes) is 8. The number of hydrogen-bond donors (Lipinski definition) is 1. The average molecular weight is 340 g/mol. The molecule has 0 amide bonds. The first-order chi connectivity index (χ1) is 7.68. The summed E-state index contributed by atoms with van der Waals surface area (Å²) in [5.74, 6) is -0.667. The Hall–Kier alpha value is 0.200. The van der Waals surface area contributed by atoms with Crippen LogP contribution in [-0.2, 0) is 4.79 Å². The minimum absolute atomic E-state index is 0.192. The van der Waals surface area contributed by atoms with Crippen molar-refractivity contribution in [2.24, 2.45) is 0 Å². The number of carboxylic acid groups (broad SMARTS) is 1. The van der Waals surface area contributed by atoms with Gasteiger partial charge in [0.15, 0.2) is 0 Å². The number of rotatable bonds is 11. The fourth-order valence-electron chi connectivity index (χ4n) is 1.76. The topological polar surface area (TPSA) is 37.3 Å². The van der Waals surface area contributed by atoms with Crippen molar-refractivity contribution in [3.8, 4) is 0 Å². The van der Waals surface area contributed by atoms with Gasteiger partial charge in [-0.15, -0.1) is 0 Å². The van der Waals surface area contributed by atoms with Gasteiger partial charge in [0.2, 0.25) is 0 Å². The van der Waals surface area contributed by atoms with Gasteiger partial charge in [0.25, 0.3) is 0 Å². The number of carbonyl (C=O) groups is 1. The first-order valence-electron chi connectivity index (χ1n) is 6.55. The lowest BCUT2D eigenvalue weighted by molar-refractivity contribution is -0.136. The predicted molar refractivity (Wildman–Crippen MR) is 77.3 cm³/mol. The molecule has 96 valence electrons. The van der Waals surface area contributed by atoms with Gasteiger partial charge in [-0.2, -0.15) is 0 Å². The molecule has 0 rings (SSSR count). The van der Waals surface area contributed by atoms with Crippen LogP contribution in [0.3, 0.4) is 0 Å². The van der Waals surface area contributed by atoms with E-state index in [-0.39, 0.29) is 3.92 Å². The van der Waals surface area contributed by atoms with Crippen LogP contribution in [0.2, 0.25) is 0 Å². The third-order valence-corrected chi connectivity index (χ3v) is 3.98. The molecular formula is C13H25IO2. The standard InChI is InChI=1S/C13H25IO2/c1-2-3-4-5-6-7-8-9-10-11-12(14)13(15)16/h12H,2-11H2,1H3,(H,15,16). The van der Waals surface area contributed by atoms with Gasteiger partial charge in [0, 0.05) is 0 Å². The summed E-state index contributed by atoms with van der Waals surface area (Å²) in [4.78, 5) is 10.6. The maximum Gasteiger partial charge on any atom is 0.316 e. The summed E-state index contributed by atoms with van der Waals surface area (Å²) >= 11 is 2.02. The van der Waals surface area contributed by atoms with Crippen LogP contribution in [0.4, 0.5) is 0 Å². The Morgan fingerprint density at radius 1 is 1.00 bits per heavy atom. The van der Waals surface area contributed by atoms with Crippen LogP contribution < -0.4 is 0 Å². The van der Waals surface area contributed by atoms with Crippen LogP contribution in [0.15, 0.2) is 0 Å². The molecule has 0 aromatic carbocycles. The molecule has 0 aromatic heterocycles. The highest BCUT2D eigenvalue weighted by molar-refractivity contribution is 14.1. The lowest BCUT2D eigenvalue weighted by atomic mass is 10.1. The molecule has 0 spiro atoms. The van der Waals surface area contributed by atoms with Gasteiger partial charge < -0.3 is 5.11 Å². The lowest BCUT2D eigenvalue weighted by Crippen LogP contribution is -2.11. The van der Waals surface area contributed by atoms with E-state index in [1.54, 1.807) is 0 Å². The predicted octanol–water partition coefficient (Wildman–Crippen LogP) is 4.80. The van der Waals surface area contributed by atoms with Crippen molar-refractivity contribution in [3.05, 3.63) is 0 Å². The minimum Gasteiger partial charge on any atom is -0.480 e. The third kappa shape index (κ3) is 10.7. The highest BCUT2D eigenvalue weighted by Gasteiger charge is 2.11.